The molecule has 1 fully saturated rings. The normalized spacial score (nSPS) is 16.3. The summed E-state index contributed by atoms with van der Waals surface area (Å²) in [7, 11) is 0. The third kappa shape index (κ3) is 10.2. The van der Waals surface area contributed by atoms with E-state index in [4.69, 9.17) is 25.1 Å². The molecule has 3 aromatic rings. The van der Waals surface area contributed by atoms with Crippen LogP contribution in [0.25, 0.3) is 11.3 Å². The van der Waals surface area contributed by atoms with Crippen LogP contribution < -0.4 is 15.8 Å². The van der Waals surface area contributed by atoms with Gasteiger partial charge in [0.15, 0.2) is 0 Å². The molecule has 252 valence electrons. The number of nitrogens with zero attached hydrogens (tertiary/aromatic N) is 4. The fourth-order valence-corrected chi connectivity index (χ4v) is 4.27. The number of ether oxygens (including phenoxy) is 2. The molecule has 15 nitrogen and oxygen atoms in total. The highest BCUT2D eigenvalue weighted by Gasteiger charge is 2.42. The monoisotopic (exact) mass is 664 g/mol. The van der Waals surface area contributed by atoms with Gasteiger partial charge in [0.2, 0.25) is 0 Å². The number of aromatic nitrogens is 2. The number of carbonyl (C=O) groups excluding carboxylic acids is 1. The number of hydrogen-bond donors (Lipinski definition) is 4. The Morgan fingerprint density at radius 1 is 1.15 bits per heavy atom. The minimum atomic E-state index is -5.08. The van der Waals surface area contributed by atoms with Crippen molar-refractivity contribution in [2.45, 2.75) is 38.3 Å². The molecular weight excluding hydrogens is 633 g/mol. The number of hydrogen-bond acceptors (Lipinski definition) is 11. The number of rotatable bonds is 11. The van der Waals surface area contributed by atoms with Gasteiger partial charge >= 0.3 is 30.2 Å². The van der Waals surface area contributed by atoms with E-state index in [0.717, 1.165) is 10.5 Å². The van der Waals surface area contributed by atoms with Crippen LogP contribution in [0.3, 0.4) is 0 Å². The van der Waals surface area contributed by atoms with Gasteiger partial charge in [-0.25, -0.2) is 19.4 Å². The lowest BCUT2D eigenvalue weighted by Gasteiger charge is -2.20. The molecule has 5 N–H and O–H groups in total. The van der Waals surface area contributed by atoms with Gasteiger partial charge in [-0.1, -0.05) is 49.4 Å². The highest BCUT2D eigenvalue weighted by molar-refractivity contribution is 5.83. The zero-order valence-corrected chi connectivity index (χ0v) is 24.8. The highest BCUT2D eigenvalue weighted by Crippen LogP contribution is 2.35. The van der Waals surface area contributed by atoms with E-state index < -0.39 is 41.3 Å². The zero-order chi connectivity index (χ0) is 34.7. The molecule has 47 heavy (non-hydrogen) atoms. The standard InChI is InChI=1S/C27H30N6O7.C2HF3O2/c1-17(13-28)14-30-24-20(8-5-9-22(24)33(37)38)21-10-11-29-26(31-21)40-19-12-23(25(34)35)32(15-19)27(36)39-16-18-6-3-2-4-7-18;3-2(4,5)1(6)7/h2-11,17,19,23,30H,12-16,28H2,1H3,(H,34,35);(H,6,7)/t17?,19-,23-;/m0./s1. The van der Waals surface area contributed by atoms with Crippen LogP contribution in [0.1, 0.15) is 18.9 Å². The van der Waals surface area contributed by atoms with Crippen LogP contribution in [-0.2, 0) is 20.9 Å². The van der Waals surface area contributed by atoms with Crippen LogP contribution >= 0.6 is 0 Å². The van der Waals surface area contributed by atoms with Gasteiger partial charge in [-0.3, -0.25) is 15.0 Å². The molecule has 0 aliphatic carbocycles. The topological polar surface area (TPSA) is 220 Å². The van der Waals surface area contributed by atoms with Gasteiger partial charge in [-0.05, 0) is 24.1 Å². The van der Waals surface area contributed by atoms with Gasteiger partial charge in [-0.15, -0.1) is 0 Å². The van der Waals surface area contributed by atoms with Gasteiger partial charge in [0.1, 0.15) is 24.4 Å². The molecule has 1 saturated heterocycles. The van der Waals surface area contributed by atoms with Crippen molar-refractivity contribution in [1.82, 2.24) is 14.9 Å². The van der Waals surface area contributed by atoms with E-state index in [-0.39, 0.29) is 42.9 Å². The number of nitrogens with two attached hydrogens (primary N) is 1. The van der Waals surface area contributed by atoms with Crippen molar-refractivity contribution in [3.8, 4) is 17.3 Å². The number of nitro groups is 1. The maximum absolute atomic E-state index is 12.7. The molecule has 0 spiro atoms. The molecular formula is C29H31F3N6O9. The van der Waals surface area contributed by atoms with Crippen molar-refractivity contribution in [2.75, 3.05) is 25.0 Å². The molecule has 2 heterocycles. The Balaban J connectivity index is 0.000000771. The molecule has 3 atom stereocenters. The maximum Gasteiger partial charge on any atom is 0.490 e. The number of benzene rings is 2. The third-order valence-corrected chi connectivity index (χ3v) is 6.68. The molecule has 1 unspecified atom stereocenters. The van der Waals surface area contributed by atoms with Crippen molar-refractivity contribution < 1.29 is 52.2 Å². The number of aliphatic carboxylic acids is 2. The van der Waals surface area contributed by atoms with Crippen molar-refractivity contribution in [2.24, 2.45) is 11.7 Å². The number of carboxylic acids is 2. The summed E-state index contributed by atoms with van der Waals surface area (Å²) < 4.78 is 43.0. The zero-order valence-electron chi connectivity index (χ0n) is 24.8. The molecule has 2 aromatic carbocycles. The first-order chi connectivity index (χ1) is 22.2. The van der Waals surface area contributed by atoms with Gasteiger partial charge in [0, 0.05) is 30.8 Å². The van der Waals surface area contributed by atoms with E-state index >= 15 is 0 Å². The number of likely N-dealkylation sites (tertiary alicyclic amines) is 1. The fourth-order valence-electron chi connectivity index (χ4n) is 4.27. The number of carbonyl (C=O) groups is 3. The van der Waals surface area contributed by atoms with Crippen LogP contribution in [0.2, 0.25) is 0 Å². The molecule has 1 aromatic heterocycles. The second-order valence-corrected chi connectivity index (χ2v) is 10.2. The highest BCUT2D eigenvalue weighted by atomic mass is 19.4. The maximum atomic E-state index is 12.7. The lowest BCUT2D eigenvalue weighted by Crippen LogP contribution is -2.40. The number of amides is 1. The summed E-state index contributed by atoms with van der Waals surface area (Å²) in [6, 6.07) is 14.1. The van der Waals surface area contributed by atoms with E-state index in [1.807, 2.05) is 25.1 Å². The Kier molecular flexibility index (Phi) is 12.4. The van der Waals surface area contributed by atoms with Crippen molar-refractivity contribution in [3.63, 3.8) is 0 Å². The smallest absolute Gasteiger partial charge is 0.480 e. The Morgan fingerprint density at radius 3 is 2.43 bits per heavy atom. The molecule has 18 heteroatoms. The van der Waals surface area contributed by atoms with Crippen LogP contribution in [0, 0.1) is 16.0 Å². The largest absolute Gasteiger partial charge is 0.490 e. The predicted octanol–water partition coefficient (Wildman–Crippen LogP) is 3.93. The van der Waals surface area contributed by atoms with Crippen molar-refractivity contribution in [3.05, 3.63) is 76.5 Å². The molecule has 4 rings (SSSR count). The molecule has 1 amide bonds. The van der Waals surface area contributed by atoms with Crippen LogP contribution in [0.4, 0.5) is 29.3 Å². The van der Waals surface area contributed by atoms with E-state index in [1.54, 1.807) is 30.3 Å². The molecule has 1 aliphatic rings. The summed E-state index contributed by atoms with van der Waals surface area (Å²) >= 11 is 0. The fraction of sp³-hybridized carbons (Fsp3) is 0.345. The van der Waals surface area contributed by atoms with Gasteiger partial charge in [-0.2, -0.15) is 18.2 Å². The molecule has 0 bridgehead atoms. The Labute approximate surface area is 265 Å². The van der Waals surface area contributed by atoms with Crippen LogP contribution in [-0.4, -0.2) is 86.0 Å². The van der Waals surface area contributed by atoms with Crippen molar-refractivity contribution >= 4 is 29.4 Å². The van der Waals surface area contributed by atoms with E-state index in [2.05, 4.69) is 15.3 Å². The Bertz CT molecular complexity index is 1560. The first kappa shape index (κ1) is 36.0. The number of halogens is 3. The minimum absolute atomic E-state index is 0.00281. The van der Waals surface area contributed by atoms with Crippen LogP contribution in [0.5, 0.6) is 6.01 Å². The summed E-state index contributed by atoms with van der Waals surface area (Å²) in [6.45, 7) is 2.70. The first-order valence-electron chi connectivity index (χ1n) is 13.9. The molecule has 1 aliphatic heterocycles. The number of alkyl halides is 3. The number of anilines is 1. The van der Waals surface area contributed by atoms with E-state index in [0.29, 0.717) is 24.3 Å². The second kappa shape index (κ2) is 16.2. The van der Waals surface area contributed by atoms with Gasteiger partial charge in [0.25, 0.3) is 5.69 Å². The average Bonchev–Trinajstić information content (AvgIpc) is 3.47. The van der Waals surface area contributed by atoms with E-state index in [1.165, 1.54) is 12.3 Å². The minimum Gasteiger partial charge on any atom is -0.480 e. The summed E-state index contributed by atoms with van der Waals surface area (Å²) in [5.74, 6) is -3.87. The van der Waals surface area contributed by atoms with Crippen molar-refractivity contribution in [1.29, 1.82) is 0 Å². The predicted molar refractivity (Wildman–Crippen MR) is 158 cm³/mol. The first-order valence-corrected chi connectivity index (χ1v) is 13.9. The Morgan fingerprint density at radius 2 is 1.83 bits per heavy atom. The third-order valence-electron chi connectivity index (χ3n) is 6.68. The number of carboxylic acid groups (broad SMARTS) is 2. The lowest BCUT2D eigenvalue weighted by atomic mass is 10.1. The van der Waals surface area contributed by atoms with E-state index in [9.17, 15) is 38.0 Å². The van der Waals surface area contributed by atoms with Gasteiger partial charge in [0.05, 0.1) is 17.2 Å². The summed E-state index contributed by atoms with van der Waals surface area (Å²) in [4.78, 5) is 54.4. The Hall–Kier alpha value is -5.52. The average molecular weight is 665 g/mol. The number of para-hydroxylation sites is 1. The number of nitro benzene ring substituents is 1. The SMILES string of the molecule is CC(CN)CNc1c(-c2ccnc(O[C@H]3C[C@@H](C(=O)O)N(C(=O)OCc4ccccc4)C3)n2)cccc1[N+](=O)[O-].O=C(O)C(F)(F)F. The van der Waals surface area contributed by atoms with Gasteiger partial charge < -0.3 is 30.7 Å². The summed E-state index contributed by atoms with van der Waals surface area (Å²) in [6.07, 6.45) is -5.12. The molecule has 0 saturated carbocycles. The van der Waals surface area contributed by atoms with Crippen LogP contribution in [0.15, 0.2) is 60.8 Å². The summed E-state index contributed by atoms with van der Waals surface area (Å²) in [5.41, 5.74) is 7.47. The summed E-state index contributed by atoms with van der Waals surface area (Å²) in [5, 5.41) is 31.6. The number of nitrogens with one attached hydrogen (secondary N) is 1. The second-order valence-electron chi connectivity index (χ2n) is 10.2. The molecule has 0 radical (unpaired) electrons. The lowest BCUT2D eigenvalue weighted by molar-refractivity contribution is -0.383. The quantitative estimate of drug-likeness (QED) is 0.169.